The zero-order chi connectivity index (χ0) is 18.9. The van der Waals surface area contributed by atoms with Crippen molar-refractivity contribution in [2.24, 2.45) is 5.73 Å². The Hall–Kier alpha value is -2.10. The fourth-order valence-corrected chi connectivity index (χ4v) is 3.46. The van der Waals surface area contributed by atoms with Gasteiger partial charge in [0.15, 0.2) is 0 Å². The second-order valence-electron chi connectivity index (χ2n) is 5.50. The van der Waals surface area contributed by atoms with Gasteiger partial charge in [0.2, 0.25) is 0 Å². The van der Waals surface area contributed by atoms with Gasteiger partial charge in [-0.3, -0.25) is 4.79 Å². The second kappa shape index (κ2) is 7.26. The Labute approximate surface area is 155 Å². The lowest BCUT2D eigenvalue weighted by molar-refractivity contribution is -0.137. The van der Waals surface area contributed by atoms with Gasteiger partial charge < -0.3 is 16.0 Å². The first-order chi connectivity index (χ1) is 12.3. The van der Waals surface area contributed by atoms with Crippen LogP contribution in [0.15, 0.2) is 24.3 Å². The van der Waals surface area contributed by atoms with E-state index in [2.05, 4.69) is 15.3 Å². The number of alkyl halides is 3. The molecule has 0 aliphatic rings. The van der Waals surface area contributed by atoms with Gasteiger partial charge in [0.1, 0.15) is 11.3 Å². The zero-order valence-corrected chi connectivity index (χ0v) is 14.9. The molecule has 3 rings (SSSR count). The molecule has 0 fully saturated rings. The van der Waals surface area contributed by atoms with Crippen LogP contribution in [0.1, 0.15) is 21.7 Å². The summed E-state index contributed by atoms with van der Waals surface area (Å²) in [6.45, 7) is 0.957. The second-order valence-corrected chi connectivity index (χ2v) is 6.99. The smallest absolute Gasteiger partial charge is 0.351 e. The van der Waals surface area contributed by atoms with E-state index < -0.39 is 11.7 Å². The zero-order valence-electron chi connectivity index (χ0n) is 13.3. The molecule has 0 aliphatic carbocycles. The first-order valence-electron chi connectivity index (χ1n) is 7.64. The van der Waals surface area contributed by atoms with Gasteiger partial charge in [-0.25, -0.2) is 4.98 Å². The molecule has 2 heterocycles. The Kier molecular flexibility index (Phi) is 5.22. The van der Waals surface area contributed by atoms with Gasteiger partial charge in [-0.15, -0.1) is 11.3 Å². The van der Waals surface area contributed by atoms with Crippen LogP contribution in [-0.2, 0) is 6.18 Å². The van der Waals surface area contributed by atoms with E-state index in [1.807, 2.05) is 0 Å². The molecule has 10 heteroatoms. The number of nitrogens with zero attached hydrogens (tertiary/aromatic N) is 1. The lowest BCUT2D eigenvalue weighted by Crippen LogP contribution is -2.25. The molecule has 26 heavy (non-hydrogen) atoms. The van der Waals surface area contributed by atoms with Crippen molar-refractivity contribution in [3.8, 4) is 10.7 Å². The third-order valence-corrected chi connectivity index (χ3v) is 4.98. The number of thiophene rings is 1. The SMILES string of the molecule is NCCCNC(=O)c1ccc(-c2nc3c(Cl)cc(C(F)(F)F)cc3[nH]2)s1. The maximum atomic E-state index is 12.9. The van der Waals surface area contributed by atoms with Gasteiger partial charge in [0.05, 0.1) is 25.9 Å². The van der Waals surface area contributed by atoms with E-state index in [1.165, 1.54) is 11.3 Å². The van der Waals surface area contributed by atoms with Crippen molar-refractivity contribution in [2.75, 3.05) is 13.1 Å². The minimum Gasteiger partial charge on any atom is -0.351 e. The number of amides is 1. The Balaban J connectivity index is 1.89. The molecular weight excluding hydrogens is 389 g/mol. The predicted molar refractivity (Wildman–Crippen MR) is 95.4 cm³/mol. The number of hydrogen-bond donors (Lipinski definition) is 3. The van der Waals surface area contributed by atoms with Gasteiger partial charge in [0, 0.05) is 6.54 Å². The number of aromatic nitrogens is 2. The van der Waals surface area contributed by atoms with E-state index >= 15 is 0 Å². The number of benzene rings is 1. The molecule has 4 N–H and O–H groups in total. The van der Waals surface area contributed by atoms with Crippen LogP contribution in [0, 0.1) is 0 Å². The van der Waals surface area contributed by atoms with Crippen LogP contribution in [0.3, 0.4) is 0 Å². The molecule has 0 atom stereocenters. The molecular formula is C16H14ClF3N4OS. The molecule has 1 aromatic carbocycles. The molecule has 0 aliphatic heterocycles. The van der Waals surface area contributed by atoms with E-state index in [0.717, 1.165) is 12.1 Å². The number of carbonyl (C=O) groups is 1. The van der Waals surface area contributed by atoms with Crippen LogP contribution in [0.5, 0.6) is 0 Å². The number of nitrogens with one attached hydrogen (secondary N) is 2. The van der Waals surface area contributed by atoms with E-state index in [0.29, 0.717) is 35.1 Å². The summed E-state index contributed by atoms with van der Waals surface area (Å²) < 4.78 is 38.7. The minimum atomic E-state index is -4.50. The Morgan fingerprint density at radius 3 is 2.81 bits per heavy atom. The standard InChI is InChI=1S/C16H14ClF3N4OS/c17-9-6-8(16(18,19)20)7-10-13(9)24-14(23-10)11-2-3-12(26-11)15(25)22-5-1-4-21/h2-3,6-7H,1,4-5,21H2,(H,22,25)(H,23,24). The Morgan fingerprint density at radius 2 is 2.12 bits per heavy atom. The molecule has 2 aromatic heterocycles. The Bertz CT molecular complexity index is 951. The minimum absolute atomic E-state index is 0.0892. The van der Waals surface area contributed by atoms with E-state index in [4.69, 9.17) is 17.3 Å². The van der Waals surface area contributed by atoms with Crippen LogP contribution in [0.2, 0.25) is 5.02 Å². The topological polar surface area (TPSA) is 83.8 Å². The van der Waals surface area contributed by atoms with Crippen molar-refractivity contribution in [1.82, 2.24) is 15.3 Å². The number of fused-ring (bicyclic) bond motifs is 1. The van der Waals surface area contributed by atoms with Crippen molar-refractivity contribution in [1.29, 1.82) is 0 Å². The number of hydrogen-bond acceptors (Lipinski definition) is 4. The summed E-state index contributed by atoms with van der Waals surface area (Å²) in [7, 11) is 0. The average molecular weight is 403 g/mol. The van der Waals surface area contributed by atoms with Gasteiger partial charge in [-0.05, 0) is 37.2 Å². The Morgan fingerprint density at radius 1 is 1.35 bits per heavy atom. The van der Waals surface area contributed by atoms with Crippen LogP contribution in [-0.4, -0.2) is 29.0 Å². The van der Waals surface area contributed by atoms with Crippen molar-refractivity contribution < 1.29 is 18.0 Å². The highest BCUT2D eigenvalue weighted by Crippen LogP contribution is 2.36. The molecule has 0 unspecified atom stereocenters. The number of rotatable bonds is 5. The summed E-state index contributed by atoms with van der Waals surface area (Å²) in [5, 5.41) is 2.65. The van der Waals surface area contributed by atoms with Gasteiger partial charge in [-0.2, -0.15) is 13.2 Å². The monoisotopic (exact) mass is 402 g/mol. The third kappa shape index (κ3) is 3.84. The summed E-state index contributed by atoms with van der Waals surface area (Å²) in [5.41, 5.74) is 4.96. The first kappa shape index (κ1) is 18.7. The largest absolute Gasteiger partial charge is 0.416 e. The van der Waals surface area contributed by atoms with Crippen LogP contribution < -0.4 is 11.1 Å². The highest BCUT2D eigenvalue weighted by atomic mass is 35.5. The molecule has 1 amide bonds. The molecule has 0 saturated heterocycles. The van der Waals surface area contributed by atoms with Gasteiger partial charge in [-0.1, -0.05) is 11.6 Å². The van der Waals surface area contributed by atoms with Crippen LogP contribution >= 0.6 is 22.9 Å². The maximum Gasteiger partial charge on any atom is 0.416 e. The van der Waals surface area contributed by atoms with Gasteiger partial charge >= 0.3 is 6.18 Å². The highest BCUT2D eigenvalue weighted by Gasteiger charge is 2.31. The fourth-order valence-electron chi connectivity index (χ4n) is 2.33. The van der Waals surface area contributed by atoms with Crippen molar-refractivity contribution >= 4 is 39.9 Å². The van der Waals surface area contributed by atoms with Crippen molar-refractivity contribution in [3.63, 3.8) is 0 Å². The molecule has 5 nitrogen and oxygen atoms in total. The summed E-state index contributed by atoms with van der Waals surface area (Å²) in [6, 6.07) is 5.12. The lowest BCUT2D eigenvalue weighted by atomic mass is 10.2. The summed E-state index contributed by atoms with van der Waals surface area (Å²) in [6.07, 6.45) is -3.82. The van der Waals surface area contributed by atoms with Gasteiger partial charge in [0.25, 0.3) is 5.91 Å². The number of imidazole rings is 1. The summed E-state index contributed by atoms with van der Waals surface area (Å²) >= 11 is 7.12. The van der Waals surface area contributed by atoms with Crippen molar-refractivity contribution in [2.45, 2.75) is 12.6 Å². The fraction of sp³-hybridized carbons (Fsp3) is 0.250. The number of aromatic amines is 1. The van der Waals surface area contributed by atoms with Crippen LogP contribution in [0.25, 0.3) is 21.7 Å². The van der Waals surface area contributed by atoms with E-state index in [9.17, 15) is 18.0 Å². The molecule has 0 bridgehead atoms. The van der Waals surface area contributed by atoms with E-state index in [-0.39, 0.29) is 22.0 Å². The molecule has 3 aromatic rings. The molecule has 0 spiro atoms. The highest BCUT2D eigenvalue weighted by molar-refractivity contribution is 7.17. The quantitative estimate of drug-likeness (QED) is 0.563. The molecule has 0 radical (unpaired) electrons. The molecule has 138 valence electrons. The lowest BCUT2D eigenvalue weighted by Gasteiger charge is -2.06. The maximum absolute atomic E-state index is 12.9. The molecule has 0 saturated carbocycles. The number of nitrogens with two attached hydrogens (primary N) is 1. The van der Waals surface area contributed by atoms with E-state index in [1.54, 1.807) is 12.1 Å². The van der Waals surface area contributed by atoms with Crippen molar-refractivity contribution in [3.05, 3.63) is 39.7 Å². The first-order valence-corrected chi connectivity index (χ1v) is 8.84. The number of carbonyl (C=O) groups excluding carboxylic acids is 1. The number of H-pyrrole nitrogens is 1. The third-order valence-electron chi connectivity index (χ3n) is 3.60. The normalized spacial score (nSPS) is 11.9. The summed E-state index contributed by atoms with van der Waals surface area (Å²) in [5.74, 6) is 0.121. The average Bonchev–Trinajstić information content (AvgIpc) is 3.21. The van der Waals surface area contributed by atoms with Crippen LogP contribution in [0.4, 0.5) is 13.2 Å². The number of halogens is 4. The predicted octanol–water partition coefficient (Wildman–Crippen LogP) is 4.04. The summed E-state index contributed by atoms with van der Waals surface area (Å²) in [4.78, 5) is 20.2.